The molecule has 0 atom stereocenters. The van der Waals surface area contributed by atoms with Crippen LogP contribution in [0.3, 0.4) is 0 Å². The number of aliphatic carboxylic acids is 1. The molecule has 2 N–H and O–H groups in total. The lowest BCUT2D eigenvalue weighted by Gasteiger charge is -2.04. The molecule has 0 spiro atoms. The predicted octanol–water partition coefficient (Wildman–Crippen LogP) is 0.348. The lowest BCUT2D eigenvalue weighted by Crippen LogP contribution is -2.31. The quantitative estimate of drug-likeness (QED) is 0.443. The zero-order valence-electron chi connectivity index (χ0n) is 10.2. The summed E-state index contributed by atoms with van der Waals surface area (Å²) in [5.41, 5.74) is 0. The number of carbonyl (C=O) groups is 2. The first kappa shape index (κ1) is 16.6. The standard InChI is InChI=1S/C11H19NO5S/c1-2-8-18(16,17)9-10(13)12-7-5-3-4-6-11(14)15/h2H,1,3-9H2,(H,12,13)(H,14,15). The summed E-state index contributed by atoms with van der Waals surface area (Å²) < 4.78 is 22.5. The molecule has 18 heavy (non-hydrogen) atoms. The van der Waals surface area contributed by atoms with Crippen LogP contribution < -0.4 is 5.32 Å². The summed E-state index contributed by atoms with van der Waals surface area (Å²) in [6, 6.07) is 0. The number of carboxylic acids is 1. The van der Waals surface area contributed by atoms with Gasteiger partial charge >= 0.3 is 5.97 Å². The van der Waals surface area contributed by atoms with E-state index >= 15 is 0 Å². The largest absolute Gasteiger partial charge is 0.481 e. The van der Waals surface area contributed by atoms with E-state index in [0.29, 0.717) is 25.8 Å². The summed E-state index contributed by atoms with van der Waals surface area (Å²) in [6.07, 6.45) is 3.24. The molecule has 0 aliphatic carbocycles. The molecule has 0 fully saturated rings. The molecule has 1 amide bonds. The van der Waals surface area contributed by atoms with E-state index in [1.165, 1.54) is 6.08 Å². The van der Waals surface area contributed by atoms with Crippen molar-refractivity contribution in [1.29, 1.82) is 0 Å². The summed E-state index contributed by atoms with van der Waals surface area (Å²) in [4.78, 5) is 21.5. The van der Waals surface area contributed by atoms with Gasteiger partial charge in [-0.3, -0.25) is 9.59 Å². The second-order valence-electron chi connectivity index (χ2n) is 3.90. The molecular formula is C11H19NO5S. The molecule has 0 rings (SSSR count). The van der Waals surface area contributed by atoms with Gasteiger partial charge in [0.25, 0.3) is 0 Å². The van der Waals surface area contributed by atoms with E-state index in [1.54, 1.807) is 0 Å². The van der Waals surface area contributed by atoms with E-state index in [9.17, 15) is 18.0 Å². The highest BCUT2D eigenvalue weighted by atomic mass is 32.2. The number of hydrogen-bond donors (Lipinski definition) is 2. The van der Waals surface area contributed by atoms with E-state index in [2.05, 4.69) is 11.9 Å². The van der Waals surface area contributed by atoms with Crippen molar-refractivity contribution in [2.24, 2.45) is 0 Å². The Morgan fingerprint density at radius 3 is 2.44 bits per heavy atom. The molecule has 6 nitrogen and oxygen atoms in total. The zero-order valence-corrected chi connectivity index (χ0v) is 11.0. The van der Waals surface area contributed by atoms with E-state index in [1.807, 2.05) is 0 Å². The first-order chi connectivity index (χ1) is 8.37. The van der Waals surface area contributed by atoms with E-state index in [0.717, 1.165) is 0 Å². The number of amides is 1. The van der Waals surface area contributed by atoms with Gasteiger partial charge < -0.3 is 10.4 Å². The van der Waals surface area contributed by atoms with Crippen molar-refractivity contribution in [3.63, 3.8) is 0 Å². The smallest absolute Gasteiger partial charge is 0.303 e. The maximum atomic E-state index is 11.3. The van der Waals surface area contributed by atoms with Crippen molar-refractivity contribution in [2.45, 2.75) is 25.7 Å². The van der Waals surface area contributed by atoms with Crippen molar-refractivity contribution in [1.82, 2.24) is 5.32 Å². The molecule has 0 aliphatic rings. The second-order valence-corrected chi connectivity index (χ2v) is 6.01. The summed E-state index contributed by atoms with van der Waals surface area (Å²) in [5.74, 6) is -2.11. The molecule has 0 heterocycles. The number of hydrogen-bond acceptors (Lipinski definition) is 4. The van der Waals surface area contributed by atoms with Gasteiger partial charge in [-0.25, -0.2) is 8.42 Å². The molecule has 0 aliphatic heterocycles. The molecule has 0 aromatic rings. The minimum atomic E-state index is -3.40. The van der Waals surface area contributed by atoms with Crippen LogP contribution in [0.25, 0.3) is 0 Å². The molecular weight excluding hydrogens is 258 g/mol. The molecule has 0 aromatic heterocycles. The highest BCUT2D eigenvalue weighted by Crippen LogP contribution is 1.98. The number of rotatable bonds is 10. The van der Waals surface area contributed by atoms with Gasteiger partial charge in [-0.2, -0.15) is 0 Å². The van der Waals surface area contributed by atoms with Gasteiger partial charge in [0.15, 0.2) is 9.84 Å². The first-order valence-corrected chi connectivity index (χ1v) is 7.49. The predicted molar refractivity (Wildman–Crippen MR) is 68.0 cm³/mol. The van der Waals surface area contributed by atoms with Crippen molar-refractivity contribution < 1.29 is 23.1 Å². The van der Waals surface area contributed by atoms with Crippen molar-refractivity contribution in [2.75, 3.05) is 18.1 Å². The maximum Gasteiger partial charge on any atom is 0.303 e. The van der Waals surface area contributed by atoms with Gasteiger partial charge in [0, 0.05) is 13.0 Å². The zero-order chi connectivity index (χ0) is 14.0. The van der Waals surface area contributed by atoms with Crippen LogP contribution in [0.4, 0.5) is 0 Å². The summed E-state index contributed by atoms with van der Waals surface area (Å²) in [5, 5.41) is 10.9. The number of unbranched alkanes of at least 4 members (excludes halogenated alkanes) is 2. The van der Waals surface area contributed by atoms with Crippen molar-refractivity contribution >= 4 is 21.7 Å². The summed E-state index contributed by atoms with van der Waals surface area (Å²) >= 11 is 0. The second kappa shape index (κ2) is 8.68. The monoisotopic (exact) mass is 277 g/mol. The van der Waals surface area contributed by atoms with Crippen LogP contribution in [0.15, 0.2) is 12.7 Å². The van der Waals surface area contributed by atoms with Crippen LogP contribution in [-0.4, -0.2) is 43.5 Å². The lowest BCUT2D eigenvalue weighted by atomic mass is 10.2. The van der Waals surface area contributed by atoms with E-state index in [-0.39, 0.29) is 12.2 Å². The average Bonchev–Trinajstić information content (AvgIpc) is 2.21. The third-order valence-electron chi connectivity index (χ3n) is 2.11. The van der Waals surface area contributed by atoms with Gasteiger partial charge in [0.2, 0.25) is 5.91 Å². The lowest BCUT2D eigenvalue weighted by molar-refractivity contribution is -0.137. The minimum absolute atomic E-state index is 0.113. The van der Waals surface area contributed by atoms with E-state index in [4.69, 9.17) is 5.11 Å². The fourth-order valence-corrected chi connectivity index (χ4v) is 2.27. The molecule has 0 radical (unpaired) electrons. The van der Waals surface area contributed by atoms with Crippen LogP contribution >= 0.6 is 0 Å². The molecule has 0 saturated carbocycles. The Balaban J connectivity index is 3.66. The Bertz CT molecular complexity index is 388. The van der Waals surface area contributed by atoms with Crippen molar-refractivity contribution in [3.8, 4) is 0 Å². The average molecular weight is 277 g/mol. The first-order valence-electron chi connectivity index (χ1n) is 5.67. The third-order valence-corrected chi connectivity index (χ3v) is 3.56. The van der Waals surface area contributed by atoms with Gasteiger partial charge in [0.1, 0.15) is 5.75 Å². The molecule has 0 unspecified atom stereocenters. The van der Waals surface area contributed by atoms with Crippen LogP contribution in [0.5, 0.6) is 0 Å². The van der Waals surface area contributed by atoms with Crippen LogP contribution in [-0.2, 0) is 19.4 Å². The van der Waals surface area contributed by atoms with Crippen LogP contribution in [0, 0.1) is 0 Å². The number of nitrogens with one attached hydrogen (secondary N) is 1. The van der Waals surface area contributed by atoms with Crippen molar-refractivity contribution in [3.05, 3.63) is 12.7 Å². The van der Waals surface area contributed by atoms with Crippen LogP contribution in [0.1, 0.15) is 25.7 Å². The molecule has 7 heteroatoms. The topological polar surface area (TPSA) is 101 Å². The number of sulfone groups is 1. The Labute approximate surface area is 107 Å². The minimum Gasteiger partial charge on any atom is -0.481 e. The Morgan fingerprint density at radius 1 is 1.22 bits per heavy atom. The highest BCUT2D eigenvalue weighted by Gasteiger charge is 2.14. The Morgan fingerprint density at radius 2 is 1.89 bits per heavy atom. The molecule has 0 bridgehead atoms. The Kier molecular flexibility index (Phi) is 8.02. The summed E-state index contributed by atoms with van der Waals surface area (Å²) in [6.45, 7) is 3.67. The van der Waals surface area contributed by atoms with E-state index < -0.39 is 27.5 Å². The Hall–Kier alpha value is -1.37. The molecule has 0 saturated heterocycles. The molecule has 0 aromatic carbocycles. The number of carboxylic acid groups (broad SMARTS) is 1. The fourth-order valence-electron chi connectivity index (χ4n) is 1.30. The van der Waals surface area contributed by atoms with Gasteiger partial charge in [-0.05, 0) is 12.8 Å². The molecule has 104 valence electrons. The van der Waals surface area contributed by atoms with Gasteiger partial charge in [0.05, 0.1) is 5.75 Å². The van der Waals surface area contributed by atoms with Crippen LogP contribution in [0.2, 0.25) is 0 Å². The fraction of sp³-hybridized carbons (Fsp3) is 0.636. The highest BCUT2D eigenvalue weighted by molar-refractivity contribution is 7.92. The van der Waals surface area contributed by atoms with Gasteiger partial charge in [-0.15, -0.1) is 6.58 Å². The normalized spacial score (nSPS) is 10.9. The SMILES string of the molecule is C=CCS(=O)(=O)CC(=O)NCCCCCC(=O)O. The summed E-state index contributed by atoms with van der Waals surface area (Å²) in [7, 11) is -3.40. The maximum absolute atomic E-state index is 11.3. The number of carbonyl (C=O) groups excluding carboxylic acids is 1. The third kappa shape index (κ3) is 9.83. The van der Waals surface area contributed by atoms with Gasteiger partial charge in [-0.1, -0.05) is 12.5 Å².